The molecule has 3 heterocycles. The Kier molecular flexibility index (Phi) is 5.05. The SMILES string of the molecule is Cc1nc(Nc2cc(C)[nH]n2)cc(C2CCCN2C(=O)C2(N)CCCCC2)n1. The van der Waals surface area contributed by atoms with E-state index in [0.717, 1.165) is 56.5 Å². The second kappa shape index (κ2) is 7.50. The molecule has 0 aromatic carbocycles. The van der Waals surface area contributed by atoms with E-state index in [1.54, 1.807) is 0 Å². The largest absolute Gasteiger partial charge is 0.332 e. The van der Waals surface area contributed by atoms with Gasteiger partial charge in [-0.15, -0.1) is 0 Å². The van der Waals surface area contributed by atoms with E-state index < -0.39 is 5.54 Å². The van der Waals surface area contributed by atoms with Crippen molar-refractivity contribution in [2.75, 3.05) is 11.9 Å². The van der Waals surface area contributed by atoms with Crippen LogP contribution in [0.5, 0.6) is 0 Å². The van der Waals surface area contributed by atoms with Crippen molar-refractivity contribution in [2.24, 2.45) is 5.73 Å². The van der Waals surface area contributed by atoms with Crippen molar-refractivity contribution < 1.29 is 4.79 Å². The van der Waals surface area contributed by atoms with Gasteiger partial charge in [0.2, 0.25) is 5.91 Å². The fraction of sp³-hybridized carbons (Fsp3) is 0.600. The molecule has 1 unspecified atom stereocenters. The molecular weight excluding hydrogens is 354 g/mol. The van der Waals surface area contributed by atoms with E-state index in [0.29, 0.717) is 17.5 Å². The van der Waals surface area contributed by atoms with Crippen LogP contribution in [0, 0.1) is 13.8 Å². The number of nitrogens with zero attached hydrogens (tertiary/aromatic N) is 4. The fourth-order valence-corrected chi connectivity index (χ4v) is 4.44. The Hall–Kier alpha value is -2.48. The Morgan fingerprint density at radius 1 is 1.18 bits per heavy atom. The van der Waals surface area contributed by atoms with Crippen molar-refractivity contribution in [1.29, 1.82) is 0 Å². The van der Waals surface area contributed by atoms with Gasteiger partial charge in [-0.25, -0.2) is 9.97 Å². The number of aromatic amines is 1. The summed E-state index contributed by atoms with van der Waals surface area (Å²) in [4.78, 5) is 24.4. The number of nitrogens with one attached hydrogen (secondary N) is 2. The molecule has 0 spiro atoms. The fourth-order valence-electron chi connectivity index (χ4n) is 4.44. The first-order valence-electron chi connectivity index (χ1n) is 10.2. The minimum absolute atomic E-state index is 0.0435. The standard InChI is InChI=1S/C20H29N7O/c1-13-11-18(26-25-13)24-17-12-15(22-14(2)23-17)16-7-6-10-27(16)19(28)20(21)8-4-3-5-9-20/h11-12,16H,3-10,21H2,1-2H3,(H2,22,23,24,25,26). The molecular formula is C20H29N7O. The molecule has 28 heavy (non-hydrogen) atoms. The molecule has 8 nitrogen and oxygen atoms in total. The molecule has 1 aliphatic carbocycles. The Morgan fingerprint density at radius 3 is 2.68 bits per heavy atom. The third-order valence-corrected chi connectivity index (χ3v) is 5.85. The van der Waals surface area contributed by atoms with Crippen LogP contribution in [0.1, 0.15) is 68.2 Å². The first kappa shape index (κ1) is 18.9. The highest BCUT2D eigenvalue weighted by atomic mass is 16.2. The number of likely N-dealkylation sites (tertiary alicyclic amines) is 1. The van der Waals surface area contributed by atoms with E-state index in [1.807, 2.05) is 30.9 Å². The van der Waals surface area contributed by atoms with E-state index in [9.17, 15) is 4.79 Å². The van der Waals surface area contributed by atoms with E-state index in [1.165, 1.54) is 6.42 Å². The first-order chi connectivity index (χ1) is 13.4. The zero-order chi connectivity index (χ0) is 19.7. The second-order valence-corrected chi connectivity index (χ2v) is 8.16. The van der Waals surface area contributed by atoms with Crippen LogP contribution in [0.15, 0.2) is 12.1 Å². The quantitative estimate of drug-likeness (QED) is 0.748. The van der Waals surface area contributed by atoms with Crippen LogP contribution in [0.25, 0.3) is 0 Å². The summed E-state index contributed by atoms with van der Waals surface area (Å²) in [5.74, 6) is 2.16. The van der Waals surface area contributed by atoms with Gasteiger partial charge in [0.25, 0.3) is 0 Å². The van der Waals surface area contributed by atoms with Gasteiger partial charge in [-0.2, -0.15) is 5.10 Å². The molecule has 1 saturated heterocycles. The molecule has 0 radical (unpaired) electrons. The second-order valence-electron chi connectivity index (χ2n) is 8.16. The topological polar surface area (TPSA) is 113 Å². The lowest BCUT2D eigenvalue weighted by molar-refractivity contribution is -0.139. The lowest BCUT2D eigenvalue weighted by atomic mass is 9.81. The van der Waals surface area contributed by atoms with Crippen LogP contribution in [-0.4, -0.2) is 43.1 Å². The van der Waals surface area contributed by atoms with E-state index >= 15 is 0 Å². The summed E-state index contributed by atoms with van der Waals surface area (Å²) < 4.78 is 0. The van der Waals surface area contributed by atoms with E-state index in [4.69, 9.17) is 5.73 Å². The van der Waals surface area contributed by atoms with Gasteiger partial charge in [0.15, 0.2) is 5.82 Å². The Labute approximate surface area is 165 Å². The summed E-state index contributed by atoms with van der Waals surface area (Å²) in [6.45, 7) is 4.56. The van der Waals surface area contributed by atoms with Crippen LogP contribution in [-0.2, 0) is 4.79 Å². The van der Waals surface area contributed by atoms with Crippen LogP contribution in [0.3, 0.4) is 0 Å². The lowest BCUT2D eigenvalue weighted by Crippen LogP contribution is -2.56. The van der Waals surface area contributed by atoms with Gasteiger partial charge in [0, 0.05) is 24.4 Å². The zero-order valence-electron chi connectivity index (χ0n) is 16.7. The van der Waals surface area contributed by atoms with Crippen molar-refractivity contribution in [3.8, 4) is 0 Å². The van der Waals surface area contributed by atoms with Crippen LogP contribution in [0.4, 0.5) is 11.6 Å². The third kappa shape index (κ3) is 3.73. The average molecular weight is 384 g/mol. The predicted octanol–water partition coefficient (Wildman–Crippen LogP) is 2.89. The summed E-state index contributed by atoms with van der Waals surface area (Å²) >= 11 is 0. The van der Waals surface area contributed by atoms with Gasteiger partial charge in [-0.05, 0) is 39.5 Å². The van der Waals surface area contributed by atoms with Gasteiger partial charge < -0.3 is 16.0 Å². The Balaban J connectivity index is 1.57. The molecule has 1 aliphatic heterocycles. The van der Waals surface area contributed by atoms with Gasteiger partial charge in [0.1, 0.15) is 11.6 Å². The monoisotopic (exact) mass is 383 g/mol. The molecule has 2 fully saturated rings. The lowest BCUT2D eigenvalue weighted by Gasteiger charge is -2.37. The minimum atomic E-state index is -0.712. The number of aryl methyl sites for hydroxylation is 2. The molecule has 4 N–H and O–H groups in total. The number of nitrogens with two attached hydrogens (primary N) is 1. The highest BCUT2D eigenvalue weighted by Crippen LogP contribution is 2.36. The van der Waals surface area contributed by atoms with Gasteiger partial charge >= 0.3 is 0 Å². The molecule has 8 heteroatoms. The normalized spacial score (nSPS) is 21.7. The van der Waals surface area contributed by atoms with Crippen molar-refractivity contribution in [3.63, 3.8) is 0 Å². The maximum Gasteiger partial charge on any atom is 0.243 e. The predicted molar refractivity (Wildman–Crippen MR) is 107 cm³/mol. The average Bonchev–Trinajstić information content (AvgIpc) is 3.30. The Morgan fingerprint density at radius 2 is 1.96 bits per heavy atom. The molecule has 1 atom stereocenters. The van der Waals surface area contributed by atoms with E-state index in [2.05, 4.69) is 25.5 Å². The smallest absolute Gasteiger partial charge is 0.243 e. The number of H-pyrrole nitrogens is 1. The number of hydrogen-bond acceptors (Lipinski definition) is 6. The molecule has 1 amide bonds. The van der Waals surface area contributed by atoms with Crippen LogP contribution < -0.4 is 11.1 Å². The molecule has 150 valence electrons. The highest BCUT2D eigenvalue weighted by molar-refractivity contribution is 5.87. The summed E-state index contributed by atoms with van der Waals surface area (Å²) in [6.07, 6.45) is 6.67. The van der Waals surface area contributed by atoms with Gasteiger partial charge in [-0.1, -0.05) is 19.3 Å². The van der Waals surface area contributed by atoms with Gasteiger partial charge in [0.05, 0.1) is 17.3 Å². The number of hydrogen-bond donors (Lipinski definition) is 3. The van der Waals surface area contributed by atoms with Gasteiger partial charge in [-0.3, -0.25) is 9.89 Å². The van der Waals surface area contributed by atoms with Crippen molar-refractivity contribution >= 4 is 17.5 Å². The summed E-state index contributed by atoms with van der Waals surface area (Å²) in [7, 11) is 0. The molecule has 4 rings (SSSR count). The zero-order valence-corrected chi connectivity index (χ0v) is 16.7. The van der Waals surface area contributed by atoms with Crippen molar-refractivity contribution in [3.05, 3.63) is 29.3 Å². The molecule has 0 bridgehead atoms. The number of aromatic nitrogens is 4. The number of carbonyl (C=O) groups is 1. The van der Waals surface area contributed by atoms with Crippen molar-refractivity contribution in [2.45, 2.75) is 70.4 Å². The maximum atomic E-state index is 13.3. The van der Waals surface area contributed by atoms with Crippen LogP contribution >= 0.6 is 0 Å². The maximum absolute atomic E-state index is 13.3. The number of amides is 1. The number of anilines is 2. The summed E-state index contributed by atoms with van der Waals surface area (Å²) in [5, 5.41) is 10.3. The molecule has 2 aromatic heterocycles. The third-order valence-electron chi connectivity index (χ3n) is 5.85. The summed E-state index contributed by atoms with van der Waals surface area (Å²) in [5.41, 5.74) is 7.67. The molecule has 1 saturated carbocycles. The number of carbonyl (C=O) groups excluding carboxylic acids is 1. The van der Waals surface area contributed by atoms with E-state index in [-0.39, 0.29) is 11.9 Å². The highest BCUT2D eigenvalue weighted by Gasteiger charge is 2.42. The molecule has 2 aliphatic rings. The van der Waals surface area contributed by atoms with Crippen molar-refractivity contribution in [1.82, 2.24) is 25.1 Å². The first-order valence-corrected chi connectivity index (χ1v) is 10.2. The Bertz CT molecular complexity index is 856. The minimum Gasteiger partial charge on any atom is -0.332 e. The molecule has 2 aromatic rings. The number of rotatable bonds is 4. The van der Waals surface area contributed by atoms with Crippen LogP contribution in [0.2, 0.25) is 0 Å². The summed E-state index contributed by atoms with van der Waals surface area (Å²) in [6, 6.07) is 3.80.